The monoisotopic (exact) mass is 306 g/mol. The summed E-state index contributed by atoms with van der Waals surface area (Å²) in [5, 5.41) is 0.951. The summed E-state index contributed by atoms with van der Waals surface area (Å²) < 4.78 is 5.37. The van der Waals surface area contributed by atoms with Crippen molar-refractivity contribution in [1.29, 1.82) is 0 Å². The third-order valence-electron chi connectivity index (χ3n) is 3.28. The van der Waals surface area contributed by atoms with Gasteiger partial charge in [0.2, 0.25) is 0 Å². The van der Waals surface area contributed by atoms with Gasteiger partial charge in [-0.15, -0.1) is 0 Å². The number of ether oxygens (including phenoxy) is 1. The molecule has 3 rings (SSSR count). The molecule has 20 heavy (non-hydrogen) atoms. The van der Waals surface area contributed by atoms with Gasteiger partial charge in [0.1, 0.15) is 11.3 Å². The lowest BCUT2D eigenvalue weighted by atomic mass is 10.1. The molecule has 3 nitrogen and oxygen atoms in total. The molecule has 2 aromatic carbocycles. The highest BCUT2D eigenvalue weighted by atomic mass is 35.5. The van der Waals surface area contributed by atoms with Gasteiger partial charge in [0.25, 0.3) is 0 Å². The summed E-state index contributed by atoms with van der Waals surface area (Å²) in [5.41, 5.74) is 4.16. The molecule has 0 saturated heterocycles. The quantitative estimate of drug-likeness (QED) is 0.646. The SMILES string of the molecule is CCc1ccc(OC)c2nc3cc(Cl)c(Cl)cc3nc12. The molecule has 0 N–H and O–H groups in total. The van der Waals surface area contributed by atoms with E-state index >= 15 is 0 Å². The van der Waals surface area contributed by atoms with Crippen LogP contribution in [0.5, 0.6) is 5.75 Å². The lowest BCUT2D eigenvalue weighted by molar-refractivity contribution is 0.419. The second kappa shape index (κ2) is 5.08. The Labute approximate surface area is 126 Å². The van der Waals surface area contributed by atoms with Crippen LogP contribution < -0.4 is 4.74 Å². The van der Waals surface area contributed by atoms with Crippen LogP contribution in [0.2, 0.25) is 10.0 Å². The van der Waals surface area contributed by atoms with Crippen LogP contribution >= 0.6 is 23.2 Å². The fourth-order valence-corrected chi connectivity index (χ4v) is 2.55. The third kappa shape index (κ3) is 2.07. The number of methoxy groups -OCH3 is 1. The van der Waals surface area contributed by atoms with E-state index in [2.05, 4.69) is 16.9 Å². The predicted molar refractivity (Wildman–Crippen MR) is 83.0 cm³/mol. The van der Waals surface area contributed by atoms with Crippen LogP contribution in [0.4, 0.5) is 0 Å². The first kappa shape index (κ1) is 13.4. The second-order valence-corrected chi connectivity index (χ2v) is 5.27. The van der Waals surface area contributed by atoms with Crippen LogP contribution in [0, 0.1) is 0 Å². The first-order valence-corrected chi connectivity index (χ1v) is 7.02. The molecule has 0 spiro atoms. The average molecular weight is 307 g/mol. The normalized spacial score (nSPS) is 11.2. The van der Waals surface area contributed by atoms with Crippen molar-refractivity contribution in [3.8, 4) is 5.75 Å². The van der Waals surface area contributed by atoms with E-state index < -0.39 is 0 Å². The molecule has 102 valence electrons. The van der Waals surface area contributed by atoms with Crippen molar-refractivity contribution in [3.05, 3.63) is 39.9 Å². The number of benzene rings is 2. The number of hydrogen-bond donors (Lipinski definition) is 0. The Morgan fingerprint density at radius 1 is 1.00 bits per heavy atom. The Balaban J connectivity index is 2.45. The van der Waals surface area contributed by atoms with E-state index in [1.54, 1.807) is 19.2 Å². The summed E-state index contributed by atoms with van der Waals surface area (Å²) in [4.78, 5) is 9.30. The summed E-state index contributed by atoms with van der Waals surface area (Å²) in [6, 6.07) is 7.40. The van der Waals surface area contributed by atoms with Gasteiger partial charge in [0.05, 0.1) is 33.7 Å². The third-order valence-corrected chi connectivity index (χ3v) is 4.00. The van der Waals surface area contributed by atoms with Gasteiger partial charge < -0.3 is 4.74 Å². The highest BCUT2D eigenvalue weighted by Crippen LogP contribution is 2.31. The minimum Gasteiger partial charge on any atom is -0.494 e. The Morgan fingerprint density at radius 3 is 2.15 bits per heavy atom. The van der Waals surface area contributed by atoms with Crippen LogP contribution in [-0.2, 0) is 6.42 Å². The molecule has 0 aliphatic heterocycles. The van der Waals surface area contributed by atoms with E-state index in [0.717, 1.165) is 28.5 Å². The molecule has 0 aliphatic rings. The minimum absolute atomic E-state index is 0.471. The van der Waals surface area contributed by atoms with E-state index in [1.807, 2.05) is 12.1 Å². The maximum absolute atomic E-state index is 6.05. The largest absolute Gasteiger partial charge is 0.494 e. The molecule has 5 heteroatoms. The molecule has 0 atom stereocenters. The van der Waals surface area contributed by atoms with Gasteiger partial charge in [-0.1, -0.05) is 36.2 Å². The number of aromatic nitrogens is 2. The van der Waals surface area contributed by atoms with Gasteiger partial charge in [-0.3, -0.25) is 0 Å². The van der Waals surface area contributed by atoms with Crippen LogP contribution in [0.15, 0.2) is 24.3 Å². The number of nitrogens with zero attached hydrogens (tertiary/aromatic N) is 2. The molecule has 0 aliphatic carbocycles. The van der Waals surface area contributed by atoms with E-state index in [-0.39, 0.29) is 0 Å². The topological polar surface area (TPSA) is 35.0 Å². The predicted octanol–water partition coefficient (Wildman–Crippen LogP) is 4.66. The number of aryl methyl sites for hydroxylation is 1. The van der Waals surface area contributed by atoms with E-state index in [0.29, 0.717) is 21.3 Å². The van der Waals surface area contributed by atoms with Crippen molar-refractivity contribution in [2.75, 3.05) is 7.11 Å². The summed E-state index contributed by atoms with van der Waals surface area (Å²) in [6.07, 6.45) is 0.877. The van der Waals surface area contributed by atoms with Crippen molar-refractivity contribution in [2.24, 2.45) is 0 Å². The zero-order valence-electron chi connectivity index (χ0n) is 11.1. The molecule has 0 unspecified atom stereocenters. The second-order valence-electron chi connectivity index (χ2n) is 4.46. The fraction of sp³-hybridized carbons (Fsp3) is 0.200. The molecule has 1 aromatic heterocycles. The Bertz CT molecular complexity index is 750. The van der Waals surface area contributed by atoms with E-state index in [4.69, 9.17) is 27.9 Å². The van der Waals surface area contributed by atoms with Crippen molar-refractivity contribution in [3.63, 3.8) is 0 Å². The highest BCUT2D eigenvalue weighted by molar-refractivity contribution is 6.42. The fourth-order valence-electron chi connectivity index (χ4n) is 2.23. The first-order chi connectivity index (χ1) is 9.63. The van der Waals surface area contributed by atoms with Gasteiger partial charge in [-0.25, -0.2) is 9.97 Å². The Morgan fingerprint density at radius 2 is 1.60 bits per heavy atom. The molecule has 0 radical (unpaired) electrons. The van der Waals surface area contributed by atoms with Gasteiger partial charge in [-0.05, 0) is 30.2 Å². The average Bonchev–Trinajstić information content (AvgIpc) is 2.45. The van der Waals surface area contributed by atoms with Crippen LogP contribution in [0.1, 0.15) is 12.5 Å². The maximum atomic E-state index is 6.05. The zero-order valence-corrected chi connectivity index (χ0v) is 12.6. The molecule has 0 fully saturated rings. The minimum atomic E-state index is 0.471. The van der Waals surface area contributed by atoms with E-state index in [1.165, 1.54) is 0 Å². The summed E-state index contributed by atoms with van der Waals surface area (Å²) >= 11 is 12.1. The van der Waals surface area contributed by atoms with Crippen LogP contribution in [-0.4, -0.2) is 17.1 Å². The van der Waals surface area contributed by atoms with Crippen LogP contribution in [0.3, 0.4) is 0 Å². The smallest absolute Gasteiger partial charge is 0.146 e. The molecule has 0 bridgehead atoms. The van der Waals surface area contributed by atoms with Gasteiger partial charge in [0, 0.05) is 0 Å². The summed E-state index contributed by atoms with van der Waals surface area (Å²) in [6.45, 7) is 2.09. The number of rotatable bonds is 2. The molecule has 3 aromatic rings. The summed E-state index contributed by atoms with van der Waals surface area (Å²) in [5.74, 6) is 0.706. The first-order valence-electron chi connectivity index (χ1n) is 6.26. The standard InChI is InChI=1S/C15H12Cl2N2O/c1-3-8-4-5-13(20-2)15-14(8)18-11-6-9(16)10(17)7-12(11)19-15/h4-7H,3H2,1-2H3. The van der Waals surface area contributed by atoms with Gasteiger partial charge >= 0.3 is 0 Å². The Hall–Kier alpha value is -1.58. The zero-order chi connectivity index (χ0) is 14.3. The number of hydrogen-bond acceptors (Lipinski definition) is 3. The molecule has 0 amide bonds. The van der Waals surface area contributed by atoms with Crippen molar-refractivity contribution in [2.45, 2.75) is 13.3 Å². The maximum Gasteiger partial charge on any atom is 0.146 e. The van der Waals surface area contributed by atoms with Crippen molar-refractivity contribution < 1.29 is 4.74 Å². The Kier molecular flexibility index (Phi) is 3.40. The van der Waals surface area contributed by atoms with Gasteiger partial charge in [0.15, 0.2) is 0 Å². The van der Waals surface area contributed by atoms with Gasteiger partial charge in [-0.2, -0.15) is 0 Å². The van der Waals surface area contributed by atoms with Crippen molar-refractivity contribution >= 4 is 45.3 Å². The van der Waals surface area contributed by atoms with Crippen molar-refractivity contribution in [1.82, 2.24) is 9.97 Å². The van der Waals surface area contributed by atoms with E-state index in [9.17, 15) is 0 Å². The molecule has 0 saturated carbocycles. The molecular formula is C15H12Cl2N2O. The van der Waals surface area contributed by atoms with Crippen LogP contribution in [0.25, 0.3) is 22.1 Å². The summed E-state index contributed by atoms with van der Waals surface area (Å²) in [7, 11) is 1.63. The number of fused-ring (bicyclic) bond motifs is 2. The molecule has 1 heterocycles. The highest BCUT2D eigenvalue weighted by Gasteiger charge is 2.12. The lowest BCUT2D eigenvalue weighted by Crippen LogP contribution is -1.95. The molecular weight excluding hydrogens is 295 g/mol. The lowest BCUT2D eigenvalue weighted by Gasteiger charge is -2.09. The number of halogens is 2.